The standard InChI is InChI=1S/C39H59FO4/c1-3-5-7-8-9-10-11-12-13-17-29-43-38-28-23-34(31-37(38)40)39(41)44-36-26-24-35(25-27-36)42-30-18-22-33-21-16-15-20-32(33)19-14-6-4-2/h23-28,31-33H,3-22,29-30H2,1-2H3. The molecule has 1 fully saturated rings. The number of unbranched alkanes of at least 4 members (excludes halogenated alkanes) is 11. The van der Waals surface area contributed by atoms with Gasteiger partial charge in [-0.1, -0.05) is 123 Å². The number of carbonyl (C=O) groups excluding carboxylic acids is 1. The number of hydrogen-bond donors (Lipinski definition) is 0. The van der Waals surface area contributed by atoms with Crippen molar-refractivity contribution in [3.63, 3.8) is 0 Å². The Kier molecular flexibility index (Phi) is 18.0. The van der Waals surface area contributed by atoms with Gasteiger partial charge in [0.25, 0.3) is 0 Å². The number of hydrogen-bond acceptors (Lipinski definition) is 4. The highest BCUT2D eigenvalue weighted by Crippen LogP contribution is 2.36. The van der Waals surface area contributed by atoms with E-state index in [-0.39, 0.29) is 11.3 Å². The van der Waals surface area contributed by atoms with Crippen molar-refractivity contribution in [2.45, 2.75) is 142 Å². The maximum absolute atomic E-state index is 14.6. The molecule has 246 valence electrons. The van der Waals surface area contributed by atoms with E-state index in [1.807, 2.05) is 12.1 Å². The summed E-state index contributed by atoms with van der Waals surface area (Å²) in [6, 6.07) is 11.3. The molecule has 1 saturated carbocycles. The summed E-state index contributed by atoms with van der Waals surface area (Å²) >= 11 is 0. The minimum absolute atomic E-state index is 0.157. The molecule has 0 saturated heterocycles. The van der Waals surface area contributed by atoms with Crippen molar-refractivity contribution in [1.29, 1.82) is 0 Å². The van der Waals surface area contributed by atoms with E-state index in [1.54, 1.807) is 18.2 Å². The summed E-state index contributed by atoms with van der Waals surface area (Å²) in [5, 5.41) is 0. The van der Waals surface area contributed by atoms with Gasteiger partial charge in [0.05, 0.1) is 18.8 Å². The van der Waals surface area contributed by atoms with Crippen molar-refractivity contribution >= 4 is 5.97 Å². The smallest absolute Gasteiger partial charge is 0.343 e. The molecule has 5 heteroatoms. The van der Waals surface area contributed by atoms with E-state index in [2.05, 4.69) is 13.8 Å². The van der Waals surface area contributed by atoms with E-state index in [0.717, 1.165) is 36.8 Å². The van der Waals surface area contributed by atoms with Gasteiger partial charge in [-0.05, 0) is 73.6 Å². The number of ether oxygens (including phenoxy) is 3. The Balaban J connectivity index is 1.30. The number of benzene rings is 2. The number of carbonyl (C=O) groups is 1. The molecule has 0 aliphatic heterocycles. The Labute approximate surface area is 267 Å². The van der Waals surface area contributed by atoms with Crippen molar-refractivity contribution in [1.82, 2.24) is 0 Å². The van der Waals surface area contributed by atoms with Gasteiger partial charge in [0, 0.05) is 0 Å². The molecule has 1 aliphatic rings. The average molecular weight is 611 g/mol. The molecular weight excluding hydrogens is 551 g/mol. The van der Waals surface area contributed by atoms with Crippen LogP contribution in [-0.2, 0) is 0 Å². The molecule has 0 radical (unpaired) electrons. The number of halogens is 1. The fourth-order valence-corrected chi connectivity index (χ4v) is 6.52. The van der Waals surface area contributed by atoms with Gasteiger partial charge in [-0.2, -0.15) is 0 Å². The predicted octanol–water partition coefficient (Wildman–Crippen LogP) is 11.9. The van der Waals surface area contributed by atoms with Crippen molar-refractivity contribution in [3.8, 4) is 17.2 Å². The maximum Gasteiger partial charge on any atom is 0.343 e. The highest BCUT2D eigenvalue weighted by atomic mass is 19.1. The summed E-state index contributed by atoms with van der Waals surface area (Å²) in [6.45, 7) is 5.70. The summed E-state index contributed by atoms with van der Waals surface area (Å²) in [4.78, 5) is 12.6. The third-order valence-corrected chi connectivity index (χ3v) is 9.19. The molecule has 0 aromatic heterocycles. The lowest BCUT2D eigenvalue weighted by Gasteiger charge is -2.31. The van der Waals surface area contributed by atoms with Gasteiger partial charge in [0.1, 0.15) is 11.5 Å². The van der Waals surface area contributed by atoms with E-state index in [1.165, 1.54) is 121 Å². The lowest BCUT2D eigenvalue weighted by molar-refractivity contribution is 0.0734. The molecule has 0 N–H and O–H groups in total. The molecule has 0 bridgehead atoms. The Bertz CT molecular complexity index is 1040. The SMILES string of the molecule is CCCCCCCCCCCCOc1ccc(C(=O)Oc2ccc(OCCCC3CCCCC3CCCCC)cc2)cc1F. The van der Waals surface area contributed by atoms with Crippen LogP contribution in [0.15, 0.2) is 42.5 Å². The molecule has 4 nitrogen and oxygen atoms in total. The van der Waals surface area contributed by atoms with Gasteiger partial charge >= 0.3 is 5.97 Å². The largest absolute Gasteiger partial charge is 0.494 e. The van der Waals surface area contributed by atoms with Gasteiger partial charge < -0.3 is 14.2 Å². The van der Waals surface area contributed by atoms with Gasteiger partial charge in [-0.3, -0.25) is 0 Å². The first-order valence-corrected chi connectivity index (χ1v) is 18.0. The minimum atomic E-state index is -0.597. The van der Waals surface area contributed by atoms with E-state index >= 15 is 0 Å². The van der Waals surface area contributed by atoms with Crippen LogP contribution in [0.4, 0.5) is 4.39 Å². The predicted molar refractivity (Wildman–Crippen MR) is 179 cm³/mol. The highest BCUT2D eigenvalue weighted by molar-refractivity contribution is 5.91. The first kappa shape index (κ1) is 35.9. The van der Waals surface area contributed by atoms with Crippen LogP contribution < -0.4 is 14.2 Å². The van der Waals surface area contributed by atoms with Crippen LogP contribution in [0.2, 0.25) is 0 Å². The third kappa shape index (κ3) is 14.0. The summed E-state index contributed by atoms with van der Waals surface area (Å²) in [7, 11) is 0. The summed E-state index contributed by atoms with van der Waals surface area (Å²) in [5.74, 6) is 1.95. The lowest BCUT2D eigenvalue weighted by Crippen LogP contribution is -2.20. The van der Waals surface area contributed by atoms with Gasteiger partial charge in [0.2, 0.25) is 0 Å². The van der Waals surface area contributed by atoms with Crippen molar-refractivity contribution in [3.05, 3.63) is 53.8 Å². The molecule has 1 aliphatic carbocycles. The van der Waals surface area contributed by atoms with Gasteiger partial charge in [-0.25, -0.2) is 9.18 Å². The number of rotatable bonds is 23. The zero-order valence-electron chi connectivity index (χ0n) is 27.8. The Morgan fingerprint density at radius 2 is 1.20 bits per heavy atom. The quantitative estimate of drug-likeness (QED) is 0.0713. The fourth-order valence-electron chi connectivity index (χ4n) is 6.52. The van der Waals surface area contributed by atoms with Crippen molar-refractivity contribution in [2.24, 2.45) is 11.8 Å². The second-order valence-corrected chi connectivity index (χ2v) is 12.8. The minimum Gasteiger partial charge on any atom is -0.494 e. The lowest BCUT2D eigenvalue weighted by atomic mass is 9.74. The normalized spacial score (nSPS) is 16.5. The first-order chi connectivity index (χ1) is 21.6. The van der Waals surface area contributed by atoms with E-state index < -0.39 is 11.8 Å². The number of esters is 1. The molecule has 3 rings (SSSR count). The van der Waals surface area contributed by atoms with Crippen LogP contribution >= 0.6 is 0 Å². The summed E-state index contributed by atoms with van der Waals surface area (Å²) < 4.78 is 31.7. The van der Waals surface area contributed by atoms with Crippen LogP contribution in [0.25, 0.3) is 0 Å². The molecule has 2 aromatic carbocycles. The van der Waals surface area contributed by atoms with Crippen LogP contribution in [-0.4, -0.2) is 19.2 Å². The molecule has 0 amide bonds. The Hall–Kier alpha value is -2.56. The monoisotopic (exact) mass is 610 g/mol. The molecule has 2 atom stereocenters. The van der Waals surface area contributed by atoms with Crippen LogP contribution in [0.5, 0.6) is 17.2 Å². The first-order valence-electron chi connectivity index (χ1n) is 18.0. The van der Waals surface area contributed by atoms with Crippen LogP contribution in [0, 0.1) is 17.7 Å². The molecule has 2 unspecified atom stereocenters. The molecule has 0 spiro atoms. The van der Waals surface area contributed by atoms with E-state index in [0.29, 0.717) is 19.0 Å². The Morgan fingerprint density at radius 3 is 1.84 bits per heavy atom. The molecule has 0 heterocycles. The summed E-state index contributed by atoms with van der Waals surface area (Å²) in [6.07, 6.45) is 25.7. The zero-order chi connectivity index (χ0) is 31.2. The van der Waals surface area contributed by atoms with Gasteiger partial charge in [0.15, 0.2) is 11.6 Å². The molecular formula is C39H59FO4. The second kappa shape index (κ2) is 22.0. The fraction of sp³-hybridized carbons (Fsp3) is 0.667. The maximum atomic E-state index is 14.6. The van der Waals surface area contributed by atoms with Crippen molar-refractivity contribution < 1.29 is 23.4 Å². The second-order valence-electron chi connectivity index (χ2n) is 12.8. The van der Waals surface area contributed by atoms with Crippen LogP contribution in [0.1, 0.15) is 153 Å². The molecule has 2 aromatic rings. The van der Waals surface area contributed by atoms with Crippen LogP contribution in [0.3, 0.4) is 0 Å². The highest BCUT2D eigenvalue weighted by Gasteiger charge is 2.24. The molecule has 44 heavy (non-hydrogen) atoms. The summed E-state index contributed by atoms with van der Waals surface area (Å²) in [5.41, 5.74) is 0.157. The van der Waals surface area contributed by atoms with E-state index in [9.17, 15) is 9.18 Å². The van der Waals surface area contributed by atoms with E-state index in [4.69, 9.17) is 14.2 Å². The average Bonchev–Trinajstić information content (AvgIpc) is 3.04. The van der Waals surface area contributed by atoms with Crippen molar-refractivity contribution in [2.75, 3.05) is 13.2 Å². The third-order valence-electron chi connectivity index (χ3n) is 9.19. The topological polar surface area (TPSA) is 44.8 Å². The zero-order valence-corrected chi connectivity index (χ0v) is 27.8. The van der Waals surface area contributed by atoms with Gasteiger partial charge in [-0.15, -0.1) is 0 Å². The Morgan fingerprint density at radius 1 is 0.659 bits per heavy atom.